The lowest BCUT2D eigenvalue weighted by Crippen LogP contribution is -2.28. The van der Waals surface area contributed by atoms with E-state index in [1.165, 1.54) is 0 Å². The average molecular weight is 163 g/mol. The number of ether oxygens (including phenoxy) is 1. The molecular weight excluding hydrogens is 146 g/mol. The third-order valence-corrected chi connectivity index (χ3v) is 0.587. The minimum absolute atomic E-state index is 0.0444. The molecule has 0 saturated carbocycles. The van der Waals surface area contributed by atoms with E-state index in [9.17, 15) is 4.79 Å². The molecule has 0 aliphatic carbocycles. The van der Waals surface area contributed by atoms with Crippen molar-refractivity contribution < 1.29 is 14.6 Å². The molecule has 0 aromatic heterocycles. The maximum Gasteiger partial charge on any atom is 0.320 e. The highest BCUT2D eigenvalue weighted by Gasteiger charge is 2.13. The van der Waals surface area contributed by atoms with Gasteiger partial charge in [0.15, 0.2) is 0 Å². The first-order valence-corrected chi connectivity index (χ1v) is 3.32. The van der Waals surface area contributed by atoms with Crippen molar-refractivity contribution in [2.75, 3.05) is 13.7 Å². The van der Waals surface area contributed by atoms with Crippen LogP contribution in [0, 0.1) is 0 Å². The quantitative estimate of drug-likeness (QED) is 0.529. The predicted octanol–water partition coefficient (Wildman–Crippen LogP) is -0.105. The van der Waals surface area contributed by atoms with E-state index >= 15 is 0 Å². The lowest BCUT2D eigenvalue weighted by Gasteiger charge is -2.18. The number of hydrogen-bond donors (Lipinski definition) is 2. The monoisotopic (exact) mass is 163 g/mol. The molecule has 0 amide bonds. The smallest absolute Gasteiger partial charge is 0.320 e. The van der Waals surface area contributed by atoms with Crippen LogP contribution in [0.15, 0.2) is 0 Å². The molecule has 0 saturated heterocycles. The van der Waals surface area contributed by atoms with Crippen molar-refractivity contribution in [2.24, 2.45) is 5.73 Å². The molecule has 0 radical (unpaired) electrons. The van der Waals surface area contributed by atoms with E-state index in [0.717, 1.165) is 7.11 Å². The van der Waals surface area contributed by atoms with Gasteiger partial charge in [0.05, 0.1) is 6.54 Å². The molecule has 4 nitrogen and oxygen atoms in total. The summed E-state index contributed by atoms with van der Waals surface area (Å²) in [6, 6.07) is 0. The van der Waals surface area contributed by atoms with Gasteiger partial charge < -0.3 is 15.6 Å². The van der Waals surface area contributed by atoms with E-state index in [1.807, 2.05) is 0 Å². The number of nitrogens with two attached hydrogens (primary N) is 1. The Bertz CT molecular complexity index is 107. The third-order valence-electron chi connectivity index (χ3n) is 0.587. The lowest BCUT2D eigenvalue weighted by atomic mass is 10.2. The van der Waals surface area contributed by atoms with Crippen LogP contribution in [0.25, 0.3) is 0 Å². The maximum atomic E-state index is 10.5. The van der Waals surface area contributed by atoms with Gasteiger partial charge in [-0.3, -0.25) is 4.79 Å². The Hall–Kier alpha value is -0.610. The summed E-state index contributed by atoms with van der Waals surface area (Å²) in [5.74, 6) is -0.359. The van der Waals surface area contributed by atoms with Gasteiger partial charge in [-0.15, -0.1) is 0 Å². The first-order valence-electron chi connectivity index (χ1n) is 3.32. The number of rotatable bonds is 1. The van der Waals surface area contributed by atoms with Crippen molar-refractivity contribution in [3.8, 4) is 0 Å². The zero-order valence-corrected chi connectivity index (χ0v) is 7.55. The number of carbonyl (C=O) groups excluding carboxylic acids is 1. The highest BCUT2D eigenvalue weighted by molar-refractivity contribution is 5.71. The van der Waals surface area contributed by atoms with Crippen LogP contribution in [0.4, 0.5) is 0 Å². The van der Waals surface area contributed by atoms with Crippen LogP contribution in [-0.4, -0.2) is 30.3 Å². The summed E-state index contributed by atoms with van der Waals surface area (Å²) in [5.41, 5.74) is 4.60. The van der Waals surface area contributed by atoms with E-state index in [0.29, 0.717) is 0 Å². The normalized spacial score (nSPS) is 9.64. The second-order valence-electron chi connectivity index (χ2n) is 2.79. The van der Waals surface area contributed by atoms with Crippen molar-refractivity contribution >= 4 is 5.97 Å². The van der Waals surface area contributed by atoms with Gasteiger partial charge in [-0.05, 0) is 20.8 Å². The molecule has 0 fully saturated rings. The van der Waals surface area contributed by atoms with Gasteiger partial charge in [0, 0.05) is 7.11 Å². The van der Waals surface area contributed by atoms with E-state index in [1.54, 1.807) is 20.8 Å². The first-order chi connectivity index (χ1) is 4.95. The summed E-state index contributed by atoms with van der Waals surface area (Å²) < 4.78 is 4.82. The Labute approximate surface area is 67.3 Å². The van der Waals surface area contributed by atoms with E-state index < -0.39 is 5.60 Å². The SMILES string of the molecule is CC(C)(C)OC(=O)CN.CO. The Morgan fingerprint density at radius 3 is 1.91 bits per heavy atom. The molecular formula is C7H17NO3. The zero-order valence-electron chi connectivity index (χ0n) is 7.55. The third kappa shape index (κ3) is 12.6. The highest BCUT2D eigenvalue weighted by atomic mass is 16.6. The first kappa shape index (κ1) is 13.0. The molecule has 3 N–H and O–H groups in total. The Balaban J connectivity index is 0. The second-order valence-corrected chi connectivity index (χ2v) is 2.79. The number of esters is 1. The topological polar surface area (TPSA) is 72.5 Å². The average Bonchev–Trinajstić information content (AvgIpc) is 1.89. The highest BCUT2D eigenvalue weighted by Crippen LogP contribution is 2.05. The zero-order chi connectivity index (χ0) is 9.49. The fraction of sp³-hybridized carbons (Fsp3) is 0.857. The van der Waals surface area contributed by atoms with Crippen LogP contribution in [0.5, 0.6) is 0 Å². The van der Waals surface area contributed by atoms with Gasteiger partial charge >= 0.3 is 5.97 Å². The predicted molar refractivity (Wildman–Crippen MR) is 43.0 cm³/mol. The van der Waals surface area contributed by atoms with E-state index in [2.05, 4.69) is 0 Å². The molecule has 0 unspecified atom stereocenters. The van der Waals surface area contributed by atoms with Crippen LogP contribution in [0.3, 0.4) is 0 Å². The Morgan fingerprint density at radius 2 is 1.82 bits per heavy atom. The van der Waals surface area contributed by atoms with Crippen molar-refractivity contribution in [3.63, 3.8) is 0 Å². The molecule has 0 bridgehead atoms. The minimum atomic E-state index is -0.406. The Morgan fingerprint density at radius 1 is 1.45 bits per heavy atom. The molecule has 0 rings (SSSR count). The number of hydrogen-bond acceptors (Lipinski definition) is 4. The Kier molecular flexibility index (Phi) is 7.24. The van der Waals surface area contributed by atoms with Crippen LogP contribution < -0.4 is 5.73 Å². The molecule has 11 heavy (non-hydrogen) atoms. The summed E-state index contributed by atoms with van der Waals surface area (Å²) >= 11 is 0. The number of carbonyl (C=O) groups is 1. The summed E-state index contributed by atoms with van der Waals surface area (Å²) in [6.45, 7) is 5.37. The van der Waals surface area contributed by atoms with Gasteiger partial charge in [-0.25, -0.2) is 0 Å². The van der Waals surface area contributed by atoms with Crippen LogP contribution in [0.2, 0.25) is 0 Å². The molecule has 0 heterocycles. The molecule has 0 aromatic carbocycles. The summed E-state index contributed by atoms with van der Waals surface area (Å²) in [5, 5.41) is 7.00. The maximum absolute atomic E-state index is 10.5. The van der Waals surface area contributed by atoms with Gasteiger partial charge in [-0.1, -0.05) is 0 Å². The van der Waals surface area contributed by atoms with Crippen molar-refractivity contribution in [1.29, 1.82) is 0 Å². The van der Waals surface area contributed by atoms with Crippen molar-refractivity contribution in [3.05, 3.63) is 0 Å². The van der Waals surface area contributed by atoms with Crippen LogP contribution >= 0.6 is 0 Å². The summed E-state index contributed by atoms with van der Waals surface area (Å²) in [7, 11) is 1.00. The van der Waals surface area contributed by atoms with E-state index in [4.69, 9.17) is 15.6 Å². The van der Waals surface area contributed by atoms with Crippen molar-refractivity contribution in [1.82, 2.24) is 0 Å². The molecule has 0 aliphatic rings. The largest absolute Gasteiger partial charge is 0.459 e. The molecule has 0 aromatic rings. The van der Waals surface area contributed by atoms with Crippen molar-refractivity contribution in [2.45, 2.75) is 26.4 Å². The fourth-order valence-electron chi connectivity index (χ4n) is 0.383. The summed E-state index contributed by atoms with van der Waals surface area (Å²) in [4.78, 5) is 10.5. The molecule has 0 atom stereocenters. The van der Waals surface area contributed by atoms with Gasteiger partial charge in [-0.2, -0.15) is 0 Å². The molecule has 0 spiro atoms. The fourth-order valence-corrected chi connectivity index (χ4v) is 0.383. The molecule has 4 heteroatoms. The lowest BCUT2D eigenvalue weighted by molar-refractivity contribution is -0.152. The van der Waals surface area contributed by atoms with Gasteiger partial charge in [0.2, 0.25) is 0 Å². The number of aliphatic hydroxyl groups is 1. The molecule has 68 valence electrons. The standard InChI is InChI=1S/C6H13NO2.CH4O/c1-6(2,3)9-5(8)4-7;1-2/h4,7H2,1-3H3;2H,1H3. The van der Waals surface area contributed by atoms with E-state index in [-0.39, 0.29) is 12.5 Å². The minimum Gasteiger partial charge on any atom is -0.459 e. The number of aliphatic hydroxyl groups excluding tert-OH is 1. The van der Waals surface area contributed by atoms with Gasteiger partial charge in [0.25, 0.3) is 0 Å². The van der Waals surface area contributed by atoms with Crippen LogP contribution in [0.1, 0.15) is 20.8 Å². The molecule has 0 aliphatic heterocycles. The van der Waals surface area contributed by atoms with Crippen LogP contribution in [-0.2, 0) is 9.53 Å². The van der Waals surface area contributed by atoms with Gasteiger partial charge in [0.1, 0.15) is 5.60 Å². The second kappa shape index (κ2) is 6.12. The summed E-state index contributed by atoms with van der Waals surface area (Å²) in [6.07, 6.45) is 0.